The van der Waals surface area contributed by atoms with Crippen molar-refractivity contribution in [3.8, 4) is 5.75 Å². The Balaban J connectivity index is 1.78. The number of carbonyl (C=O) groups is 1. The Kier molecular flexibility index (Phi) is 6.58. The molecule has 1 saturated heterocycles. The molecule has 0 unspecified atom stereocenters. The molecule has 0 saturated carbocycles. The molecule has 0 aliphatic carbocycles. The molecule has 0 N–H and O–H groups in total. The predicted octanol–water partition coefficient (Wildman–Crippen LogP) is 4.40. The van der Waals surface area contributed by atoms with Crippen LogP contribution in [0, 0.1) is 0 Å². The van der Waals surface area contributed by atoms with Gasteiger partial charge in [-0.3, -0.25) is 0 Å². The fraction of sp³-hybridized carbons (Fsp3) is 0.278. The fourth-order valence-corrected chi connectivity index (χ4v) is 7.14. The number of sulfonamides is 1. The van der Waals surface area contributed by atoms with E-state index in [1.165, 1.54) is 37.9 Å². The van der Waals surface area contributed by atoms with Crippen molar-refractivity contribution in [1.82, 2.24) is 4.31 Å². The molecule has 0 aromatic heterocycles. The first kappa shape index (κ1) is 20.7. The van der Waals surface area contributed by atoms with Gasteiger partial charge in [-0.05, 0) is 51.8 Å². The van der Waals surface area contributed by atoms with E-state index >= 15 is 0 Å². The second kappa shape index (κ2) is 8.57. The zero-order chi connectivity index (χ0) is 19.6. The van der Waals surface area contributed by atoms with Crippen molar-refractivity contribution in [3.05, 3.63) is 58.1 Å². The van der Waals surface area contributed by atoms with Crippen LogP contribution in [0.1, 0.15) is 20.5 Å². The molecule has 1 aliphatic rings. The van der Waals surface area contributed by atoms with E-state index in [0.29, 0.717) is 14.8 Å². The summed E-state index contributed by atoms with van der Waals surface area (Å²) in [5.74, 6) is 2.12. The Bertz CT molecular complexity index is 940. The minimum Gasteiger partial charge on any atom is -0.423 e. The lowest BCUT2D eigenvalue weighted by atomic mass is 10.2. The van der Waals surface area contributed by atoms with Crippen molar-refractivity contribution >= 4 is 55.4 Å². The van der Waals surface area contributed by atoms with Crippen molar-refractivity contribution < 1.29 is 17.9 Å². The zero-order valence-electron chi connectivity index (χ0n) is 14.7. The van der Waals surface area contributed by atoms with Gasteiger partial charge in [0.05, 0.1) is 15.0 Å². The van der Waals surface area contributed by atoms with Crippen LogP contribution in [-0.4, -0.2) is 44.3 Å². The minimum absolute atomic E-state index is 0.0209. The Morgan fingerprint density at radius 1 is 1.11 bits per heavy atom. The third-order valence-electron chi connectivity index (χ3n) is 3.91. The molecule has 0 spiro atoms. The Hall–Kier alpha value is -1.000. The maximum atomic E-state index is 12.5. The Morgan fingerprint density at radius 2 is 1.74 bits per heavy atom. The summed E-state index contributed by atoms with van der Waals surface area (Å²) >= 11 is 7.05. The molecule has 0 amide bonds. The summed E-state index contributed by atoms with van der Waals surface area (Å²) in [6, 6.07) is 11.8. The molecule has 2 aromatic carbocycles. The van der Waals surface area contributed by atoms with E-state index in [0.717, 1.165) is 15.8 Å². The van der Waals surface area contributed by atoms with Crippen LogP contribution in [0.4, 0.5) is 0 Å². The van der Waals surface area contributed by atoms with E-state index in [4.69, 9.17) is 4.74 Å². The van der Waals surface area contributed by atoms with Gasteiger partial charge in [0.2, 0.25) is 10.0 Å². The lowest BCUT2D eigenvalue weighted by Crippen LogP contribution is -2.23. The second-order valence-electron chi connectivity index (χ2n) is 5.96. The summed E-state index contributed by atoms with van der Waals surface area (Å²) in [6.07, 6.45) is 0. The first-order valence-electron chi connectivity index (χ1n) is 8.06. The number of ether oxygens (including phenoxy) is 1. The van der Waals surface area contributed by atoms with Gasteiger partial charge in [-0.15, -0.1) is 23.5 Å². The lowest BCUT2D eigenvalue weighted by Gasteiger charge is -2.14. The molecule has 2 aromatic rings. The standard InChI is InChI=1S/C18H18BrNO4S3/c1-20(2)27(22,23)16-11-13(5-8-15(16)19)17(21)24-14-6-3-12(4-7-14)18-25-9-10-26-18/h3-8,11,18H,9-10H2,1-2H3. The molecule has 5 nitrogen and oxygen atoms in total. The number of rotatable bonds is 5. The van der Waals surface area contributed by atoms with Gasteiger partial charge < -0.3 is 4.74 Å². The average Bonchev–Trinajstić information content (AvgIpc) is 3.17. The highest BCUT2D eigenvalue weighted by Crippen LogP contribution is 2.45. The summed E-state index contributed by atoms with van der Waals surface area (Å²) in [5.41, 5.74) is 1.37. The van der Waals surface area contributed by atoms with Crippen LogP contribution < -0.4 is 4.74 Å². The van der Waals surface area contributed by atoms with Crippen molar-refractivity contribution in [2.75, 3.05) is 25.6 Å². The predicted molar refractivity (Wildman–Crippen MR) is 114 cm³/mol. The lowest BCUT2D eigenvalue weighted by molar-refractivity contribution is 0.0734. The zero-order valence-corrected chi connectivity index (χ0v) is 18.8. The van der Waals surface area contributed by atoms with Gasteiger partial charge >= 0.3 is 5.97 Å². The second-order valence-corrected chi connectivity index (χ2v) is 11.7. The van der Waals surface area contributed by atoms with Gasteiger partial charge in [0.15, 0.2) is 0 Å². The van der Waals surface area contributed by atoms with Crippen LogP contribution in [-0.2, 0) is 10.0 Å². The van der Waals surface area contributed by atoms with Crippen LogP contribution in [0.2, 0.25) is 0 Å². The highest BCUT2D eigenvalue weighted by molar-refractivity contribution is 9.10. The van der Waals surface area contributed by atoms with Gasteiger partial charge in [0.1, 0.15) is 5.75 Å². The number of esters is 1. The van der Waals surface area contributed by atoms with Crippen molar-refractivity contribution in [1.29, 1.82) is 0 Å². The maximum Gasteiger partial charge on any atom is 0.343 e. The number of benzene rings is 2. The smallest absolute Gasteiger partial charge is 0.343 e. The van der Waals surface area contributed by atoms with Crippen LogP contribution in [0.3, 0.4) is 0 Å². The Morgan fingerprint density at radius 3 is 2.33 bits per heavy atom. The number of thioether (sulfide) groups is 2. The number of halogens is 1. The van der Waals surface area contributed by atoms with E-state index in [1.54, 1.807) is 12.1 Å². The Labute approximate surface area is 176 Å². The van der Waals surface area contributed by atoms with Crippen molar-refractivity contribution in [2.24, 2.45) is 0 Å². The molecule has 144 valence electrons. The number of hydrogen-bond donors (Lipinski definition) is 0. The van der Waals surface area contributed by atoms with Crippen LogP contribution in [0.5, 0.6) is 5.75 Å². The van der Waals surface area contributed by atoms with E-state index in [1.807, 2.05) is 35.7 Å². The molecule has 0 bridgehead atoms. The minimum atomic E-state index is -3.68. The van der Waals surface area contributed by atoms with E-state index in [2.05, 4.69) is 15.9 Å². The van der Waals surface area contributed by atoms with Gasteiger partial charge in [-0.1, -0.05) is 12.1 Å². The number of carbonyl (C=O) groups excluding carboxylic acids is 1. The third-order valence-corrected chi connectivity index (χ3v) is 9.82. The highest BCUT2D eigenvalue weighted by Gasteiger charge is 2.23. The van der Waals surface area contributed by atoms with E-state index in [-0.39, 0.29) is 10.5 Å². The first-order valence-corrected chi connectivity index (χ1v) is 12.4. The molecule has 0 atom stereocenters. The SMILES string of the molecule is CN(C)S(=O)(=O)c1cc(C(=O)Oc2ccc(C3SCCS3)cc2)ccc1Br. The largest absolute Gasteiger partial charge is 0.423 e. The molecule has 1 heterocycles. The molecule has 9 heteroatoms. The van der Waals surface area contributed by atoms with Crippen LogP contribution in [0.25, 0.3) is 0 Å². The van der Waals surface area contributed by atoms with Gasteiger partial charge in [0, 0.05) is 30.1 Å². The molecule has 3 rings (SSSR count). The normalized spacial score (nSPS) is 15.3. The molecule has 27 heavy (non-hydrogen) atoms. The topological polar surface area (TPSA) is 63.7 Å². The highest BCUT2D eigenvalue weighted by atomic mass is 79.9. The van der Waals surface area contributed by atoms with Crippen LogP contribution in [0.15, 0.2) is 51.8 Å². The molecular formula is C18H18BrNO4S3. The fourth-order valence-electron chi connectivity index (χ4n) is 2.43. The molecule has 1 fully saturated rings. The molecule has 0 radical (unpaired) electrons. The summed E-state index contributed by atoms with van der Waals surface area (Å²) in [5, 5.41) is 0. The molecular weight excluding hydrogens is 470 g/mol. The quantitative estimate of drug-likeness (QED) is 0.460. The average molecular weight is 488 g/mol. The van der Waals surface area contributed by atoms with Gasteiger partial charge in [-0.2, -0.15) is 0 Å². The van der Waals surface area contributed by atoms with Crippen molar-refractivity contribution in [2.45, 2.75) is 9.48 Å². The summed E-state index contributed by atoms with van der Waals surface area (Å²) in [4.78, 5) is 12.5. The number of nitrogens with zero attached hydrogens (tertiary/aromatic N) is 1. The maximum absolute atomic E-state index is 12.5. The monoisotopic (exact) mass is 487 g/mol. The van der Waals surface area contributed by atoms with Gasteiger partial charge in [-0.25, -0.2) is 17.5 Å². The molecule has 1 aliphatic heterocycles. The van der Waals surface area contributed by atoms with Gasteiger partial charge in [0.25, 0.3) is 0 Å². The van der Waals surface area contributed by atoms with E-state index in [9.17, 15) is 13.2 Å². The summed E-state index contributed by atoms with van der Waals surface area (Å²) < 4.78 is 32.1. The summed E-state index contributed by atoms with van der Waals surface area (Å²) in [6.45, 7) is 0. The third kappa shape index (κ3) is 4.71. The van der Waals surface area contributed by atoms with Crippen LogP contribution >= 0.6 is 39.5 Å². The first-order chi connectivity index (χ1) is 12.8. The van der Waals surface area contributed by atoms with Crippen molar-refractivity contribution in [3.63, 3.8) is 0 Å². The summed E-state index contributed by atoms with van der Waals surface area (Å²) in [7, 11) is -0.798. The number of hydrogen-bond acceptors (Lipinski definition) is 6. The van der Waals surface area contributed by atoms with E-state index < -0.39 is 16.0 Å².